The molecule has 0 aliphatic heterocycles. The number of hydrogen-bond acceptors (Lipinski definition) is 2. The maximum atomic E-state index is 14.5. The zero-order valence-corrected chi connectivity index (χ0v) is 18.5. The lowest BCUT2D eigenvalue weighted by Crippen LogP contribution is -2.48. The van der Waals surface area contributed by atoms with Crippen LogP contribution in [-0.2, 0) is 17.4 Å². The highest BCUT2D eigenvalue weighted by Gasteiger charge is 2.43. The summed E-state index contributed by atoms with van der Waals surface area (Å²) in [5.41, 5.74) is -0.349. The zero-order valence-electron chi connectivity index (χ0n) is 18.5. The molecule has 0 aliphatic carbocycles. The molecule has 2 N–H and O–H groups in total. The van der Waals surface area contributed by atoms with Crippen molar-refractivity contribution in [2.45, 2.75) is 45.5 Å². The molecule has 3 rings (SSSR count). The van der Waals surface area contributed by atoms with Crippen LogP contribution >= 0.6 is 0 Å². The van der Waals surface area contributed by atoms with E-state index in [-0.39, 0.29) is 11.7 Å². The van der Waals surface area contributed by atoms with E-state index in [0.29, 0.717) is 12.5 Å². The number of rotatable bonds is 8. The molecule has 0 saturated carbocycles. The van der Waals surface area contributed by atoms with Gasteiger partial charge in [-0.05, 0) is 49.2 Å². The molecular weight excluding hydrogens is 436 g/mol. The highest BCUT2D eigenvalue weighted by molar-refractivity contribution is 5.78. The van der Waals surface area contributed by atoms with Crippen molar-refractivity contribution in [3.8, 4) is 0 Å². The second kappa shape index (κ2) is 9.29. The first-order valence-corrected chi connectivity index (χ1v) is 10.4. The molecule has 1 aromatic heterocycles. The van der Waals surface area contributed by atoms with Crippen LogP contribution in [-0.4, -0.2) is 21.7 Å². The summed E-state index contributed by atoms with van der Waals surface area (Å²) in [6.07, 6.45) is -0.526. The number of aliphatic carboxylic acids is 1. The zero-order chi connectivity index (χ0) is 24.4. The fourth-order valence-corrected chi connectivity index (χ4v) is 4.09. The molecule has 3 aromatic rings. The summed E-state index contributed by atoms with van der Waals surface area (Å²) in [5, 5.41) is 12.7. The van der Waals surface area contributed by atoms with Gasteiger partial charge in [-0.15, -0.1) is 0 Å². The van der Waals surface area contributed by atoms with Crippen LogP contribution in [0.25, 0.3) is 0 Å². The van der Waals surface area contributed by atoms with Crippen molar-refractivity contribution in [3.63, 3.8) is 0 Å². The average molecular weight is 462 g/mol. The van der Waals surface area contributed by atoms with E-state index in [1.165, 1.54) is 0 Å². The van der Waals surface area contributed by atoms with E-state index in [4.69, 9.17) is 0 Å². The van der Waals surface area contributed by atoms with Crippen LogP contribution in [0.4, 0.5) is 23.2 Å². The summed E-state index contributed by atoms with van der Waals surface area (Å²) in [4.78, 5) is 12.3. The molecule has 176 valence electrons. The Balaban J connectivity index is 1.97. The summed E-state index contributed by atoms with van der Waals surface area (Å²) >= 11 is 0. The predicted molar refractivity (Wildman–Crippen MR) is 119 cm³/mol. The van der Waals surface area contributed by atoms with Gasteiger partial charge in [0.2, 0.25) is 0 Å². The molecule has 4 nitrogen and oxygen atoms in total. The SMILES string of the molecule is Cc1cccc(CC(n2cccc2)C(C)(C)C(Nc2ccc(C(F)(F)F)cc2F)C(=O)O)c1. The Morgan fingerprint density at radius 3 is 2.27 bits per heavy atom. The van der Waals surface area contributed by atoms with E-state index in [0.717, 1.165) is 23.3 Å². The number of carboxylic acid groups (broad SMARTS) is 1. The molecule has 0 radical (unpaired) electrons. The van der Waals surface area contributed by atoms with Crippen LogP contribution in [0.2, 0.25) is 0 Å². The minimum absolute atomic E-state index is 0.301. The number of carbonyl (C=O) groups is 1. The third-order valence-corrected chi connectivity index (χ3v) is 5.94. The summed E-state index contributed by atoms with van der Waals surface area (Å²) < 4.78 is 55.1. The van der Waals surface area contributed by atoms with Gasteiger partial charge in [0.1, 0.15) is 11.9 Å². The Bertz CT molecular complexity index is 1110. The number of hydrogen-bond donors (Lipinski definition) is 2. The molecule has 33 heavy (non-hydrogen) atoms. The van der Waals surface area contributed by atoms with E-state index in [9.17, 15) is 27.5 Å². The maximum Gasteiger partial charge on any atom is 0.416 e. The van der Waals surface area contributed by atoms with Gasteiger partial charge in [-0.2, -0.15) is 13.2 Å². The Morgan fingerprint density at radius 1 is 1.06 bits per heavy atom. The first-order chi connectivity index (χ1) is 15.4. The van der Waals surface area contributed by atoms with E-state index < -0.39 is 35.0 Å². The molecule has 1 heterocycles. The van der Waals surface area contributed by atoms with Gasteiger partial charge >= 0.3 is 12.1 Å². The lowest BCUT2D eigenvalue weighted by atomic mass is 9.74. The Kier molecular flexibility index (Phi) is 6.86. The highest BCUT2D eigenvalue weighted by atomic mass is 19.4. The van der Waals surface area contributed by atoms with E-state index in [1.807, 2.05) is 60.3 Å². The van der Waals surface area contributed by atoms with Crippen LogP contribution in [0.5, 0.6) is 0 Å². The van der Waals surface area contributed by atoms with E-state index in [1.54, 1.807) is 13.8 Å². The van der Waals surface area contributed by atoms with Gasteiger partial charge in [0, 0.05) is 23.9 Å². The molecule has 0 aliphatic rings. The first-order valence-electron chi connectivity index (χ1n) is 10.4. The third-order valence-electron chi connectivity index (χ3n) is 5.94. The van der Waals surface area contributed by atoms with Crippen molar-refractivity contribution in [1.29, 1.82) is 0 Å². The number of nitrogens with zero attached hydrogens (tertiary/aromatic N) is 1. The quantitative estimate of drug-likeness (QED) is 0.385. The summed E-state index contributed by atoms with van der Waals surface area (Å²) in [6.45, 7) is 5.47. The van der Waals surface area contributed by atoms with Gasteiger partial charge in [-0.3, -0.25) is 0 Å². The second-order valence-electron chi connectivity index (χ2n) is 8.77. The molecule has 0 fully saturated rings. The molecule has 2 atom stereocenters. The molecule has 2 aromatic carbocycles. The third kappa shape index (κ3) is 5.56. The minimum atomic E-state index is -4.70. The van der Waals surface area contributed by atoms with Crippen LogP contribution in [0.3, 0.4) is 0 Å². The van der Waals surface area contributed by atoms with Crippen LogP contribution in [0.1, 0.15) is 36.6 Å². The smallest absolute Gasteiger partial charge is 0.416 e. The lowest BCUT2D eigenvalue weighted by molar-refractivity contribution is -0.141. The Labute approximate surface area is 189 Å². The normalized spacial score (nSPS) is 14.0. The largest absolute Gasteiger partial charge is 0.480 e. The van der Waals surface area contributed by atoms with Crippen molar-refractivity contribution >= 4 is 11.7 Å². The number of nitrogens with one attached hydrogen (secondary N) is 1. The van der Waals surface area contributed by atoms with Crippen LogP contribution in [0, 0.1) is 18.2 Å². The van der Waals surface area contributed by atoms with Gasteiger partial charge in [0.05, 0.1) is 11.3 Å². The summed E-state index contributed by atoms with van der Waals surface area (Å²) in [5.74, 6) is -2.40. The fraction of sp³-hybridized carbons (Fsp3) is 0.320. The molecule has 0 bridgehead atoms. The number of benzene rings is 2. The first kappa shape index (κ1) is 24.4. The predicted octanol–water partition coefficient (Wildman–Crippen LogP) is 6.33. The van der Waals surface area contributed by atoms with Crippen molar-refractivity contribution in [2.24, 2.45) is 5.41 Å². The van der Waals surface area contributed by atoms with E-state index in [2.05, 4.69) is 5.32 Å². The molecule has 0 amide bonds. The molecule has 8 heteroatoms. The summed E-state index contributed by atoms with van der Waals surface area (Å²) in [6, 6.07) is 11.9. The maximum absolute atomic E-state index is 14.5. The standard InChI is InChI=1S/C25H26F4N2O2/c1-16-7-6-8-17(13-16)14-21(31-11-4-5-12-31)24(2,3)22(23(32)33)30-20-10-9-18(15-19(20)26)25(27,28)29/h4-13,15,21-22,30H,14H2,1-3H3,(H,32,33). The number of carboxylic acids is 1. The lowest BCUT2D eigenvalue weighted by Gasteiger charge is -2.40. The number of anilines is 1. The van der Waals surface area contributed by atoms with Crippen molar-refractivity contribution < 1.29 is 27.5 Å². The van der Waals surface area contributed by atoms with Crippen molar-refractivity contribution in [2.75, 3.05) is 5.32 Å². The monoisotopic (exact) mass is 462 g/mol. The molecule has 2 unspecified atom stereocenters. The topological polar surface area (TPSA) is 54.3 Å². The van der Waals surface area contributed by atoms with Gasteiger partial charge in [0.15, 0.2) is 0 Å². The number of alkyl halides is 3. The average Bonchev–Trinajstić information content (AvgIpc) is 3.24. The molecular formula is C25H26F4N2O2. The highest BCUT2D eigenvalue weighted by Crippen LogP contribution is 2.40. The Hall–Kier alpha value is -3.29. The van der Waals surface area contributed by atoms with Gasteiger partial charge in [-0.25, -0.2) is 9.18 Å². The summed E-state index contributed by atoms with van der Waals surface area (Å²) in [7, 11) is 0. The van der Waals surface area contributed by atoms with Gasteiger partial charge in [0.25, 0.3) is 0 Å². The van der Waals surface area contributed by atoms with Crippen LogP contribution in [0.15, 0.2) is 67.0 Å². The fourth-order valence-electron chi connectivity index (χ4n) is 4.09. The molecule has 0 saturated heterocycles. The minimum Gasteiger partial charge on any atom is -0.480 e. The Morgan fingerprint density at radius 2 is 1.73 bits per heavy atom. The number of aromatic nitrogens is 1. The number of halogens is 4. The van der Waals surface area contributed by atoms with Crippen LogP contribution < -0.4 is 5.32 Å². The number of aryl methyl sites for hydroxylation is 1. The van der Waals surface area contributed by atoms with Crippen molar-refractivity contribution in [3.05, 3.63) is 89.5 Å². The molecule has 0 spiro atoms. The van der Waals surface area contributed by atoms with E-state index >= 15 is 0 Å². The van der Waals surface area contributed by atoms with Crippen molar-refractivity contribution in [1.82, 2.24) is 4.57 Å². The van der Waals surface area contributed by atoms with Gasteiger partial charge in [-0.1, -0.05) is 43.7 Å². The van der Waals surface area contributed by atoms with Gasteiger partial charge < -0.3 is 15.0 Å². The second-order valence-corrected chi connectivity index (χ2v) is 8.77.